The molecule has 0 radical (unpaired) electrons. The number of fused-ring (bicyclic) bond motifs is 3. The van der Waals surface area contributed by atoms with Crippen molar-refractivity contribution >= 4 is 0 Å². The van der Waals surface area contributed by atoms with Gasteiger partial charge in [0.05, 0.1) is 0 Å². The molecule has 0 aliphatic heterocycles. The van der Waals surface area contributed by atoms with Crippen molar-refractivity contribution in [2.45, 2.75) is 24.0 Å². The third kappa shape index (κ3) is 0.582. The van der Waals surface area contributed by atoms with Gasteiger partial charge in [0.1, 0.15) is 11.2 Å². The highest BCUT2D eigenvalue weighted by Crippen LogP contribution is 2.87. The van der Waals surface area contributed by atoms with Gasteiger partial charge in [-0.25, -0.2) is 0 Å². The van der Waals surface area contributed by atoms with Crippen molar-refractivity contribution in [3.05, 3.63) is 35.4 Å². The summed E-state index contributed by atoms with van der Waals surface area (Å²) in [6, 6.07) is 8.15. The van der Waals surface area contributed by atoms with Crippen LogP contribution in [0.4, 0.5) is 0 Å². The van der Waals surface area contributed by atoms with Crippen molar-refractivity contribution < 1.29 is 10.2 Å². The molecule has 2 heteroatoms. The Morgan fingerprint density at radius 1 is 1.00 bits per heavy atom. The lowest BCUT2D eigenvalue weighted by molar-refractivity contribution is -0.178. The van der Waals surface area contributed by atoms with Gasteiger partial charge >= 0.3 is 0 Å². The van der Waals surface area contributed by atoms with Crippen LogP contribution < -0.4 is 0 Å². The van der Waals surface area contributed by atoms with Gasteiger partial charge in [0.25, 0.3) is 0 Å². The minimum absolute atomic E-state index is 0.353. The van der Waals surface area contributed by atoms with Gasteiger partial charge in [-0.3, -0.25) is 0 Å². The van der Waals surface area contributed by atoms with Crippen LogP contribution in [0.2, 0.25) is 0 Å². The van der Waals surface area contributed by atoms with E-state index in [0.717, 1.165) is 23.3 Å². The zero-order valence-corrected chi connectivity index (χ0v) is 10.1. The molecule has 0 saturated heterocycles. The Hall–Kier alpha value is -0.860. The Labute approximate surface area is 106 Å². The van der Waals surface area contributed by atoms with Gasteiger partial charge in [-0.15, -0.1) is 0 Å². The van der Waals surface area contributed by atoms with E-state index in [-0.39, 0.29) is 0 Å². The fourth-order valence-corrected chi connectivity index (χ4v) is 6.96. The molecule has 5 saturated carbocycles. The molecule has 1 aromatic rings. The molecule has 5 fully saturated rings. The third-order valence-corrected chi connectivity index (χ3v) is 7.17. The smallest absolute Gasteiger partial charge is 0.122 e. The van der Waals surface area contributed by atoms with Crippen LogP contribution in [0.15, 0.2) is 24.3 Å². The lowest BCUT2D eigenvalue weighted by atomic mass is 9.72. The van der Waals surface area contributed by atoms with E-state index in [1.807, 2.05) is 18.2 Å². The van der Waals surface area contributed by atoms with Gasteiger partial charge < -0.3 is 10.2 Å². The van der Waals surface area contributed by atoms with E-state index in [1.165, 1.54) is 12.0 Å². The second-order valence-electron chi connectivity index (χ2n) is 7.29. The van der Waals surface area contributed by atoms with Gasteiger partial charge in [-0.05, 0) is 47.1 Å². The predicted octanol–water partition coefficient (Wildman–Crippen LogP) is 1.30. The van der Waals surface area contributed by atoms with Crippen LogP contribution in [0.5, 0.6) is 0 Å². The summed E-state index contributed by atoms with van der Waals surface area (Å²) in [6.45, 7) is 0. The SMILES string of the molecule is O[C@@]12c3ccccc3C[C@]1(O)C1C3C4C[C@@H]1C2C43. The first-order valence-electron chi connectivity index (χ1n) is 7.21. The van der Waals surface area contributed by atoms with Gasteiger partial charge in [-0.2, -0.15) is 0 Å². The fourth-order valence-electron chi connectivity index (χ4n) is 6.96. The summed E-state index contributed by atoms with van der Waals surface area (Å²) in [4.78, 5) is 0. The molecular formula is C16H16O2. The van der Waals surface area contributed by atoms with Crippen molar-refractivity contribution in [1.29, 1.82) is 0 Å². The molecule has 18 heavy (non-hydrogen) atoms. The zero-order valence-electron chi connectivity index (χ0n) is 10.1. The Morgan fingerprint density at radius 3 is 2.61 bits per heavy atom. The quantitative estimate of drug-likeness (QED) is 0.717. The number of aliphatic hydroxyl groups is 2. The van der Waals surface area contributed by atoms with E-state index in [2.05, 4.69) is 6.07 Å². The van der Waals surface area contributed by atoms with Crippen LogP contribution in [0, 0.1) is 35.5 Å². The molecule has 92 valence electrons. The van der Waals surface area contributed by atoms with Crippen LogP contribution >= 0.6 is 0 Å². The molecule has 2 nitrogen and oxygen atoms in total. The minimum atomic E-state index is -0.925. The summed E-state index contributed by atoms with van der Waals surface area (Å²) in [7, 11) is 0. The maximum absolute atomic E-state index is 11.4. The van der Waals surface area contributed by atoms with Gasteiger partial charge in [0.2, 0.25) is 0 Å². The molecule has 0 spiro atoms. The standard InChI is InChI=1S/C16H16O2/c17-15-6-7-3-1-2-4-10(7)16(15,18)14-9-5-8-11(12(8)14)13(9)15/h1-4,8-9,11-14,17-18H,5-6H2/t8?,9-,11?,12?,13?,14?,15-,16+/m0/s1. The summed E-state index contributed by atoms with van der Waals surface area (Å²) in [5.74, 6) is 3.67. The summed E-state index contributed by atoms with van der Waals surface area (Å²) in [6.07, 6.45) is 1.95. The van der Waals surface area contributed by atoms with Crippen molar-refractivity contribution in [2.75, 3.05) is 0 Å². The summed E-state index contributed by atoms with van der Waals surface area (Å²) in [5.41, 5.74) is 0.441. The van der Waals surface area contributed by atoms with E-state index >= 15 is 0 Å². The van der Waals surface area contributed by atoms with Gasteiger partial charge in [-0.1, -0.05) is 24.3 Å². The second-order valence-corrected chi connectivity index (χ2v) is 7.29. The number of rotatable bonds is 0. The molecule has 7 rings (SSSR count). The first kappa shape index (κ1) is 9.11. The number of benzene rings is 1. The van der Waals surface area contributed by atoms with Crippen molar-refractivity contribution in [1.82, 2.24) is 0 Å². The molecule has 5 unspecified atom stereocenters. The summed E-state index contributed by atoms with van der Waals surface area (Å²) in [5, 5.41) is 22.6. The van der Waals surface area contributed by atoms with Gasteiger partial charge in [0, 0.05) is 12.3 Å². The first-order valence-corrected chi connectivity index (χ1v) is 7.21. The highest BCUT2D eigenvalue weighted by Gasteiger charge is 2.89. The lowest BCUT2D eigenvalue weighted by Gasteiger charge is -2.41. The topological polar surface area (TPSA) is 40.5 Å². The average molecular weight is 240 g/mol. The van der Waals surface area contributed by atoms with E-state index < -0.39 is 11.2 Å². The van der Waals surface area contributed by atoms with Gasteiger partial charge in [0.15, 0.2) is 0 Å². The Balaban J connectivity index is 1.69. The summed E-state index contributed by atoms with van der Waals surface area (Å²) < 4.78 is 0. The van der Waals surface area contributed by atoms with Crippen molar-refractivity contribution in [3.63, 3.8) is 0 Å². The largest absolute Gasteiger partial charge is 0.386 e. The normalized spacial score (nSPS) is 64.1. The average Bonchev–Trinajstić information content (AvgIpc) is 2.79. The van der Waals surface area contributed by atoms with Crippen LogP contribution in [-0.4, -0.2) is 15.8 Å². The molecule has 0 amide bonds. The van der Waals surface area contributed by atoms with Crippen molar-refractivity contribution in [3.8, 4) is 0 Å². The second kappa shape index (κ2) is 2.19. The number of hydrogen-bond donors (Lipinski definition) is 2. The Morgan fingerprint density at radius 2 is 1.78 bits per heavy atom. The predicted molar refractivity (Wildman–Crippen MR) is 64.5 cm³/mol. The van der Waals surface area contributed by atoms with Crippen LogP contribution in [0.25, 0.3) is 0 Å². The maximum Gasteiger partial charge on any atom is 0.122 e. The molecule has 1 aromatic carbocycles. The van der Waals surface area contributed by atoms with E-state index in [0.29, 0.717) is 24.2 Å². The Bertz CT molecular complexity index is 611. The van der Waals surface area contributed by atoms with E-state index in [9.17, 15) is 10.2 Å². The summed E-state index contributed by atoms with van der Waals surface area (Å²) >= 11 is 0. The first-order chi connectivity index (χ1) is 8.68. The monoisotopic (exact) mass is 240 g/mol. The van der Waals surface area contributed by atoms with Crippen LogP contribution in [0.1, 0.15) is 17.5 Å². The minimum Gasteiger partial charge on any atom is -0.386 e. The van der Waals surface area contributed by atoms with E-state index in [1.54, 1.807) is 0 Å². The molecule has 6 aliphatic carbocycles. The Kier molecular flexibility index (Phi) is 1.11. The van der Waals surface area contributed by atoms with E-state index in [4.69, 9.17) is 0 Å². The van der Waals surface area contributed by atoms with Crippen LogP contribution in [0.3, 0.4) is 0 Å². The molecule has 6 bridgehead atoms. The third-order valence-electron chi connectivity index (χ3n) is 7.17. The highest BCUT2D eigenvalue weighted by molar-refractivity contribution is 5.51. The number of hydrogen-bond acceptors (Lipinski definition) is 2. The molecule has 2 N–H and O–H groups in total. The molecule has 0 heterocycles. The van der Waals surface area contributed by atoms with Crippen LogP contribution in [-0.2, 0) is 12.0 Å². The van der Waals surface area contributed by atoms with Crippen molar-refractivity contribution in [2.24, 2.45) is 35.5 Å². The molecule has 6 aliphatic rings. The molecular weight excluding hydrogens is 224 g/mol. The highest BCUT2D eigenvalue weighted by atomic mass is 16.4. The molecule has 0 aromatic heterocycles. The maximum atomic E-state index is 11.4. The zero-order chi connectivity index (χ0) is 11.9. The lowest BCUT2D eigenvalue weighted by Crippen LogP contribution is -2.54. The molecule has 8 atom stereocenters. The fraction of sp³-hybridized carbons (Fsp3) is 0.625.